The number of carbonyl (C=O) groups is 1. The van der Waals surface area contributed by atoms with Crippen molar-refractivity contribution in [3.05, 3.63) is 23.0 Å². The standard InChI is InChI=1S/C14H20ClN3O2/c1-14(2,3)20-13(19)18-7-6-10(9-18)8-11-4-5-12(15)17-16-11/h4-5,10H,6-9H2,1-3H3. The lowest BCUT2D eigenvalue weighted by Gasteiger charge is -2.24. The molecular weight excluding hydrogens is 278 g/mol. The molecule has 0 aliphatic carbocycles. The van der Waals surface area contributed by atoms with E-state index in [0.717, 1.165) is 25.1 Å². The number of hydrogen-bond donors (Lipinski definition) is 0. The van der Waals surface area contributed by atoms with Crippen molar-refractivity contribution < 1.29 is 9.53 Å². The van der Waals surface area contributed by atoms with E-state index in [9.17, 15) is 4.79 Å². The Balaban J connectivity index is 1.86. The van der Waals surface area contributed by atoms with Crippen molar-refractivity contribution in [2.24, 2.45) is 5.92 Å². The monoisotopic (exact) mass is 297 g/mol. The van der Waals surface area contributed by atoms with Crippen LogP contribution in [0.15, 0.2) is 12.1 Å². The summed E-state index contributed by atoms with van der Waals surface area (Å²) in [7, 11) is 0. The first kappa shape index (κ1) is 15.0. The first-order chi connectivity index (χ1) is 9.33. The molecule has 20 heavy (non-hydrogen) atoms. The molecular formula is C14H20ClN3O2. The molecule has 1 amide bonds. The third-order valence-corrected chi connectivity index (χ3v) is 3.32. The van der Waals surface area contributed by atoms with Gasteiger partial charge in [0, 0.05) is 13.1 Å². The highest BCUT2D eigenvalue weighted by molar-refractivity contribution is 6.29. The Morgan fingerprint density at radius 3 is 2.80 bits per heavy atom. The number of rotatable bonds is 2. The highest BCUT2D eigenvalue weighted by Crippen LogP contribution is 2.22. The summed E-state index contributed by atoms with van der Waals surface area (Å²) in [5.41, 5.74) is 0.460. The summed E-state index contributed by atoms with van der Waals surface area (Å²) in [6.07, 6.45) is 1.54. The van der Waals surface area contributed by atoms with Crippen LogP contribution in [-0.2, 0) is 11.2 Å². The van der Waals surface area contributed by atoms with Crippen molar-refractivity contribution in [1.29, 1.82) is 0 Å². The topological polar surface area (TPSA) is 55.3 Å². The zero-order valence-corrected chi connectivity index (χ0v) is 12.9. The number of carbonyl (C=O) groups excluding carboxylic acids is 1. The largest absolute Gasteiger partial charge is 0.444 e. The van der Waals surface area contributed by atoms with Crippen LogP contribution in [0, 0.1) is 5.92 Å². The molecule has 1 unspecified atom stereocenters. The summed E-state index contributed by atoms with van der Waals surface area (Å²) in [6, 6.07) is 3.62. The summed E-state index contributed by atoms with van der Waals surface area (Å²) in [6.45, 7) is 7.07. The lowest BCUT2D eigenvalue weighted by atomic mass is 10.0. The maximum atomic E-state index is 12.0. The Morgan fingerprint density at radius 1 is 1.45 bits per heavy atom. The second kappa shape index (κ2) is 5.95. The number of halogens is 1. The number of nitrogens with zero attached hydrogens (tertiary/aromatic N) is 3. The Hall–Kier alpha value is -1.36. The number of aromatic nitrogens is 2. The van der Waals surface area contributed by atoms with E-state index >= 15 is 0 Å². The molecule has 2 heterocycles. The molecule has 6 heteroatoms. The molecule has 0 N–H and O–H groups in total. The average Bonchev–Trinajstić information content (AvgIpc) is 2.79. The quantitative estimate of drug-likeness (QED) is 0.842. The van der Waals surface area contributed by atoms with Crippen molar-refractivity contribution in [2.45, 2.75) is 39.2 Å². The van der Waals surface area contributed by atoms with Gasteiger partial charge in [-0.1, -0.05) is 11.6 Å². The zero-order valence-electron chi connectivity index (χ0n) is 12.1. The highest BCUT2D eigenvalue weighted by Gasteiger charge is 2.29. The molecule has 1 fully saturated rings. The Morgan fingerprint density at radius 2 is 2.20 bits per heavy atom. The molecule has 1 aromatic rings. The number of ether oxygens (including phenoxy) is 1. The number of amides is 1. The molecule has 1 atom stereocenters. The van der Waals surface area contributed by atoms with Gasteiger partial charge in [-0.25, -0.2) is 4.79 Å². The van der Waals surface area contributed by atoms with Gasteiger partial charge in [-0.15, -0.1) is 5.10 Å². The van der Waals surface area contributed by atoms with Crippen molar-refractivity contribution in [1.82, 2.24) is 15.1 Å². The maximum Gasteiger partial charge on any atom is 0.410 e. The Labute approximate surface area is 124 Å². The van der Waals surface area contributed by atoms with E-state index in [2.05, 4.69) is 10.2 Å². The summed E-state index contributed by atoms with van der Waals surface area (Å²) in [4.78, 5) is 13.7. The molecule has 0 radical (unpaired) electrons. The van der Waals surface area contributed by atoms with Gasteiger partial charge in [0.2, 0.25) is 0 Å². The minimum atomic E-state index is -0.448. The lowest BCUT2D eigenvalue weighted by molar-refractivity contribution is 0.0288. The number of likely N-dealkylation sites (tertiary alicyclic amines) is 1. The molecule has 0 spiro atoms. The molecule has 110 valence electrons. The Kier molecular flexibility index (Phi) is 4.48. The van der Waals surface area contributed by atoms with Gasteiger partial charge in [-0.2, -0.15) is 5.10 Å². The lowest BCUT2D eigenvalue weighted by Crippen LogP contribution is -2.35. The van der Waals surface area contributed by atoms with Crippen molar-refractivity contribution >= 4 is 17.7 Å². The first-order valence-corrected chi connectivity index (χ1v) is 7.17. The molecule has 1 aliphatic heterocycles. The predicted octanol–water partition coefficient (Wildman–Crippen LogP) is 2.93. The summed E-state index contributed by atoms with van der Waals surface area (Å²) in [5, 5.41) is 8.29. The minimum Gasteiger partial charge on any atom is -0.444 e. The van der Waals surface area contributed by atoms with E-state index in [4.69, 9.17) is 16.3 Å². The summed E-state index contributed by atoms with van der Waals surface area (Å²) >= 11 is 5.71. The van der Waals surface area contributed by atoms with E-state index in [1.54, 1.807) is 11.0 Å². The second-order valence-electron chi connectivity index (χ2n) is 6.13. The molecule has 0 saturated carbocycles. The summed E-state index contributed by atoms with van der Waals surface area (Å²) < 4.78 is 5.38. The van der Waals surface area contributed by atoms with Gasteiger partial charge in [0.15, 0.2) is 5.15 Å². The fourth-order valence-electron chi connectivity index (χ4n) is 2.24. The number of hydrogen-bond acceptors (Lipinski definition) is 4. The highest BCUT2D eigenvalue weighted by atomic mass is 35.5. The van der Waals surface area contributed by atoms with Gasteiger partial charge in [0.1, 0.15) is 5.60 Å². The fourth-order valence-corrected chi connectivity index (χ4v) is 2.34. The van der Waals surface area contributed by atoms with E-state index in [1.807, 2.05) is 26.8 Å². The van der Waals surface area contributed by atoms with Gasteiger partial charge < -0.3 is 9.64 Å². The van der Waals surface area contributed by atoms with Crippen molar-refractivity contribution in [3.8, 4) is 0 Å². The molecule has 2 rings (SSSR count). The van der Waals surface area contributed by atoms with E-state index in [0.29, 0.717) is 17.6 Å². The Bertz CT molecular complexity index is 470. The van der Waals surface area contributed by atoms with E-state index in [1.165, 1.54) is 0 Å². The van der Waals surface area contributed by atoms with Crippen LogP contribution < -0.4 is 0 Å². The fraction of sp³-hybridized carbons (Fsp3) is 0.643. The van der Waals surface area contributed by atoms with E-state index < -0.39 is 5.60 Å². The van der Waals surface area contributed by atoms with Gasteiger partial charge in [0.25, 0.3) is 0 Å². The van der Waals surface area contributed by atoms with Crippen LogP contribution in [-0.4, -0.2) is 39.9 Å². The van der Waals surface area contributed by atoms with Crippen LogP contribution in [0.5, 0.6) is 0 Å². The van der Waals surface area contributed by atoms with Crippen LogP contribution in [0.3, 0.4) is 0 Å². The van der Waals surface area contributed by atoms with Crippen LogP contribution in [0.1, 0.15) is 32.9 Å². The zero-order chi connectivity index (χ0) is 14.8. The normalized spacial score (nSPS) is 19.2. The molecule has 0 bridgehead atoms. The second-order valence-corrected chi connectivity index (χ2v) is 6.52. The van der Waals surface area contributed by atoms with Crippen molar-refractivity contribution in [2.75, 3.05) is 13.1 Å². The SMILES string of the molecule is CC(C)(C)OC(=O)N1CCC(Cc2ccc(Cl)nn2)C1. The van der Waals surface area contributed by atoms with Crippen LogP contribution in [0.2, 0.25) is 5.15 Å². The smallest absolute Gasteiger partial charge is 0.410 e. The van der Waals surface area contributed by atoms with Crippen LogP contribution in [0.4, 0.5) is 4.79 Å². The van der Waals surface area contributed by atoms with Crippen LogP contribution in [0.25, 0.3) is 0 Å². The first-order valence-electron chi connectivity index (χ1n) is 6.79. The van der Waals surface area contributed by atoms with Crippen LogP contribution >= 0.6 is 11.6 Å². The third kappa shape index (κ3) is 4.34. The predicted molar refractivity (Wildman–Crippen MR) is 76.7 cm³/mol. The molecule has 1 saturated heterocycles. The van der Waals surface area contributed by atoms with Crippen molar-refractivity contribution in [3.63, 3.8) is 0 Å². The summed E-state index contributed by atoms with van der Waals surface area (Å²) in [5.74, 6) is 0.401. The molecule has 1 aliphatic rings. The third-order valence-electron chi connectivity index (χ3n) is 3.12. The van der Waals surface area contributed by atoms with Gasteiger partial charge >= 0.3 is 6.09 Å². The molecule has 0 aromatic carbocycles. The minimum absolute atomic E-state index is 0.234. The van der Waals surface area contributed by atoms with Gasteiger partial charge in [-0.3, -0.25) is 0 Å². The van der Waals surface area contributed by atoms with E-state index in [-0.39, 0.29) is 6.09 Å². The van der Waals surface area contributed by atoms with Gasteiger partial charge in [0.05, 0.1) is 5.69 Å². The molecule has 1 aromatic heterocycles. The maximum absolute atomic E-state index is 12.0. The molecule has 5 nitrogen and oxygen atoms in total. The van der Waals surface area contributed by atoms with Gasteiger partial charge in [-0.05, 0) is 51.7 Å². The average molecular weight is 298 g/mol.